The van der Waals surface area contributed by atoms with E-state index in [1.807, 2.05) is 6.92 Å². The first-order valence-corrected chi connectivity index (χ1v) is 5.96. The van der Waals surface area contributed by atoms with Crippen LogP contribution < -0.4 is 5.32 Å². The van der Waals surface area contributed by atoms with Crippen molar-refractivity contribution in [2.24, 2.45) is 0 Å². The third-order valence-electron chi connectivity index (χ3n) is 1.96. The van der Waals surface area contributed by atoms with Crippen LogP contribution in [0, 0.1) is 0 Å². The van der Waals surface area contributed by atoms with Gasteiger partial charge in [0.05, 0.1) is 5.56 Å². The van der Waals surface area contributed by atoms with E-state index in [0.29, 0.717) is 10.2 Å². The molecular formula is C13H12BrNO3. The third kappa shape index (κ3) is 4.55. The van der Waals surface area contributed by atoms with Crippen molar-refractivity contribution in [3.05, 3.63) is 52.5 Å². The average Bonchev–Trinajstić information content (AvgIpc) is 2.28. The lowest BCUT2D eigenvalue weighted by Gasteiger charge is -2.04. The average molecular weight is 310 g/mol. The van der Waals surface area contributed by atoms with E-state index in [0.717, 1.165) is 0 Å². The minimum atomic E-state index is -1.05. The topological polar surface area (TPSA) is 66.4 Å². The summed E-state index contributed by atoms with van der Waals surface area (Å²) in [5, 5.41) is 11.5. The molecule has 1 rings (SSSR count). The van der Waals surface area contributed by atoms with E-state index in [9.17, 15) is 9.59 Å². The number of carbonyl (C=O) groups is 2. The Bertz CT molecular complexity index is 521. The van der Waals surface area contributed by atoms with Gasteiger partial charge in [-0.1, -0.05) is 34.2 Å². The van der Waals surface area contributed by atoms with Crippen molar-refractivity contribution in [2.45, 2.75) is 6.92 Å². The fourth-order valence-corrected chi connectivity index (χ4v) is 1.72. The van der Waals surface area contributed by atoms with Gasteiger partial charge in [-0.25, -0.2) is 4.79 Å². The summed E-state index contributed by atoms with van der Waals surface area (Å²) >= 11 is 3.19. The Hall–Kier alpha value is -1.88. The van der Waals surface area contributed by atoms with Gasteiger partial charge in [-0.2, -0.15) is 0 Å². The van der Waals surface area contributed by atoms with Crippen LogP contribution in [0.25, 0.3) is 0 Å². The number of benzene rings is 1. The number of nitrogens with one attached hydrogen (secondary N) is 1. The van der Waals surface area contributed by atoms with Crippen LogP contribution in [0.3, 0.4) is 0 Å². The van der Waals surface area contributed by atoms with Gasteiger partial charge < -0.3 is 10.4 Å². The molecule has 0 saturated carbocycles. The lowest BCUT2D eigenvalue weighted by molar-refractivity contribution is -0.111. The summed E-state index contributed by atoms with van der Waals surface area (Å²) in [5.41, 5.74) is 0.536. The highest BCUT2D eigenvalue weighted by Gasteiger charge is 2.07. The zero-order chi connectivity index (χ0) is 13.5. The standard InChI is InChI=1S/C13H12BrNO3/c1-2-3-4-5-12(16)15-11-7-9(13(17)18)6-10(14)8-11/h2-8H,1H3,(H,15,16)(H,17,18)/b3-2+,5-4?. The Balaban J connectivity index is 2.84. The molecule has 0 saturated heterocycles. The van der Waals surface area contributed by atoms with Gasteiger partial charge in [-0.05, 0) is 25.1 Å². The molecular weight excluding hydrogens is 298 g/mol. The van der Waals surface area contributed by atoms with Gasteiger partial charge in [0.15, 0.2) is 0 Å². The van der Waals surface area contributed by atoms with Gasteiger partial charge in [-0.3, -0.25) is 4.79 Å². The summed E-state index contributed by atoms with van der Waals surface area (Å²) in [5.74, 6) is -1.36. The van der Waals surface area contributed by atoms with Crippen molar-refractivity contribution >= 4 is 33.5 Å². The van der Waals surface area contributed by atoms with Crippen LogP contribution in [0.15, 0.2) is 47.0 Å². The Labute approximate surface area is 113 Å². The van der Waals surface area contributed by atoms with E-state index in [-0.39, 0.29) is 11.5 Å². The van der Waals surface area contributed by atoms with E-state index < -0.39 is 5.97 Å². The van der Waals surface area contributed by atoms with Crippen LogP contribution in [0.1, 0.15) is 17.3 Å². The van der Waals surface area contributed by atoms with Gasteiger partial charge >= 0.3 is 5.97 Å². The van der Waals surface area contributed by atoms with Crippen LogP contribution in [-0.2, 0) is 4.79 Å². The quantitative estimate of drug-likeness (QED) is 0.663. The molecule has 0 aromatic heterocycles. The minimum Gasteiger partial charge on any atom is -0.478 e. The van der Waals surface area contributed by atoms with Gasteiger partial charge in [0.2, 0.25) is 5.91 Å². The first kappa shape index (κ1) is 14.2. The minimum absolute atomic E-state index is 0.108. The molecule has 0 aliphatic heterocycles. The molecule has 0 unspecified atom stereocenters. The first-order chi connectivity index (χ1) is 8.52. The number of allylic oxidation sites excluding steroid dienone is 3. The van der Waals surface area contributed by atoms with Crippen molar-refractivity contribution in [1.82, 2.24) is 0 Å². The number of carboxylic acids is 1. The predicted molar refractivity (Wildman–Crippen MR) is 73.7 cm³/mol. The summed E-state index contributed by atoms with van der Waals surface area (Å²) in [6, 6.07) is 4.50. The molecule has 0 radical (unpaired) electrons. The van der Waals surface area contributed by atoms with Crippen LogP contribution >= 0.6 is 15.9 Å². The Morgan fingerprint density at radius 2 is 2.00 bits per heavy atom. The first-order valence-electron chi connectivity index (χ1n) is 5.17. The second kappa shape index (κ2) is 6.76. The van der Waals surface area contributed by atoms with E-state index in [1.165, 1.54) is 18.2 Å². The predicted octanol–water partition coefficient (Wildman–Crippen LogP) is 3.22. The van der Waals surface area contributed by atoms with Crippen LogP contribution in [0.2, 0.25) is 0 Å². The highest BCUT2D eigenvalue weighted by Crippen LogP contribution is 2.19. The molecule has 0 aliphatic rings. The Kier molecular flexibility index (Phi) is 5.32. The number of anilines is 1. The van der Waals surface area contributed by atoms with Gasteiger partial charge in [0.25, 0.3) is 0 Å². The molecule has 0 atom stereocenters. The molecule has 94 valence electrons. The van der Waals surface area contributed by atoms with Crippen molar-refractivity contribution in [3.8, 4) is 0 Å². The number of halogens is 1. The lowest BCUT2D eigenvalue weighted by atomic mass is 10.2. The zero-order valence-electron chi connectivity index (χ0n) is 9.68. The zero-order valence-corrected chi connectivity index (χ0v) is 11.3. The van der Waals surface area contributed by atoms with Gasteiger partial charge in [0, 0.05) is 16.2 Å². The highest BCUT2D eigenvalue weighted by molar-refractivity contribution is 9.10. The van der Waals surface area contributed by atoms with Crippen molar-refractivity contribution in [2.75, 3.05) is 5.32 Å². The number of aromatic carboxylic acids is 1. The lowest BCUT2D eigenvalue weighted by Crippen LogP contribution is -2.08. The number of rotatable bonds is 4. The highest BCUT2D eigenvalue weighted by atomic mass is 79.9. The van der Waals surface area contributed by atoms with Gasteiger partial charge in [0.1, 0.15) is 0 Å². The molecule has 2 N–H and O–H groups in total. The molecule has 5 heteroatoms. The number of carbonyl (C=O) groups excluding carboxylic acids is 1. The fourth-order valence-electron chi connectivity index (χ4n) is 1.22. The third-order valence-corrected chi connectivity index (χ3v) is 2.42. The SMILES string of the molecule is C/C=C/C=CC(=O)Nc1cc(Br)cc(C(=O)O)c1. The van der Waals surface area contributed by atoms with E-state index in [1.54, 1.807) is 24.3 Å². The molecule has 0 bridgehead atoms. The molecule has 0 aliphatic carbocycles. The fraction of sp³-hybridized carbons (Fsp3) is 0.0769. The monoisotopic (exact) mass is 309 g/mol. The maximum atomic E-state index is 11.5. The summed E-state index contributed by atoms with van der Waals surface area (Å²) in [6.45, 7) is 1.84. The smallest absolute Gasteiger partial charge is 0.335 e. The molecule has 1 aromatic rings. The molecule has 18 heavy (non-hydrogen) atoms. The molecule has 0 fully saturated rings. The van der Waals surface area contributed by atoms with E-state index in [2.05, 4.69) is 21.2 Å². The molecule has 0 heterocycles. The molecule has 1 amide bonds. The summed E-state index contributed by atoms with van der Waals surface area (Å²) in [7, 11) is 0. The number of hydrogen-bond donors (Lipinski definition) is 2. The Morgan fingerprint density at radius 1 is 1.28 bits per heavy atom. The molecule has 0 spiro atoms. The van der Waals surface area contributed by atoms with E-state index in [4.69, 9.17) is 5.11 Å². The van der Waals surface area contributed by atoms with Crippen molar-refractivity contribution in [3.63, 3.8) is 0 Å². The molecule has 4 nitrogen and oxygen atoms in total. The van der Waals surface area contributed by atoms with E-state index >= 15 is 0 Å². The number of carboxylic acid groups (broad SMARTS) is 1. The van der Waals surface area contributed by atoms with Crippen LogP contribution in [0.4, 0.5) is 5.69 Å². The molecule has 1 aromatic carbocycles. The second-order valence-electron chi connectivity index (χ2n) is 3.41. The normalized spacial score (nSPS) is 11.0. The number of amides is 1. The Morgan fingerprint density at radius 3 is 2.61 bits per heavy atom. The van der Waals surface area contributed by atoms with Crippen LogP contribution in [-0.4, -0.2) is 17.0 Å². The number of hydrogen-bond acceptors (Lipinski definition) is 2. The summed E-state index contributed by atoms with van der Waals surface area (Å²) in [6.07, 6.45) is 6.49. The largest absolute Gasteiger partial charge is 0.478 e. The summed E-state index contributed by atoms with van der Waals surface area (Å²) < 4.78 is 0.593. The van der Waals surface area contributed by atoms with Crippen molar-refractivity contribution in [1.29, 1.82) is 0 Å². The van der Waals surface area contributed by atoms with Gasteiger partial charge in [-0.15, -0.1) is 0 Å². The maximum absolute atomic E-state index is 11.5. The van der Waals surface area contributed by atoms with Crippen molar-refractivity contribution < 1.29 is 14.7 Å². The maximum Gasteiger partial charge on any atom is 0.335 e. The second-order valence-corrected chi connectivity index (χ2v) is 4.32. The summed E-state index contributed by atoms with van der Waals surface area (Å²) in [4.78, 5) is 22.3. The van der Waals surface area contributed by atoms with Crippen LogP contribution in [0.5, 0.6) is 0 Å².